The monoisotopic (exact) mass is 524 g/mol. The highest BCUT2D eigenvalue weighted by Gasteiger charge is 2.42. The lowest BCUT2D eigenvalue weighted by molar-refractivity contribution is -0.121. The number of fused-ring (bicyclic) bond motifs is 1. The summed E-state index contributed by atoms with van der Waals surface area (Å²) in [6.45, 7) is 3.79. The van der Waals surface area contributed by atoms with Gasteiger partial charge in [0.15, 0.2) is 0 Å². The topological polar surface area (TPSA) is 94.2 Å². The van der Waals surface area contributed by atoms with Gasteiger partial charge in [-0.1, -0.05) is 48.0 Å². The molecule has 2 amide bonds. The van der Waals surface area contributed by atoms with Crippen molar-refractivity contribution in [2.75, 3.05) is 32.7 Å². The largest absolute Gasteiger partial charge is 0.349 e. The van der Waals surface area contributed by atoms with Crippen molar-refractivity contribution in [1.82, 2.24) is 30.3 Å². The van der Waals surface area contributed by atoms with Crippen LogP contribution in [0.3, 0.4) is 0 Å². The summed E-state index contributed by atoms with van der Waals surface area (Å²) in [4.78, 5) is 33.8. The van der Waals surface area contributed by atoms with Crippen LogP contribution in [-0.2, 0) is 11.2 Å². The second kappa shape index (κ2) is 11.4. The van der Waals surface area contributed by atoms with Crippen LogP contribution in [0.25, 0.3) is 0 Å². The van der Waals surface area contributed by atoms with E-state index in [2.05, 4.69) is 25.4 Å². The smallest absolute Gasteiger partial charge is 0.258 e. The number of H-pyrrole nitrogens is 1. The van der Waals surface area contributed by atoms with Crippen molar-refractivity contribution in [3.8, 4) is 0 Å². The first-order valence-corrected chi connectivity index (χ1v) is 13.0. The Bertz CT molecular complexity index is 1190. The Morgan fingerprint density at radius 3 is 2.51 bits per heavy atom. The Kier molecular flexibility index (Phi) is 7.81. The second-order valence-corrected chi connectivity index (χ2v) is 10.2. The molecule has 1 aromatic heterocycles. The number of carbonyl (C=O) groups is 2. The number of benzene rings is 2. The lowest BCUT2D eigenvalue weighted by Gasteiger charge is -2.25. The number of rotatable bonds is 9. The van der Waals surface area contributed by atoms with E-state index in [1.807, 2.05) is 30.3 Å². The van der Waals surface area contributed by atoms with Gasteiger partial charge >= 0.3 is 0 Å². The SMILES string of the molecule is O=C(CCc1ncn[nH]1)NC(CCN1CC2CN(C(=O)c3c(F)cccc3Cl)CC2C1)c1ccccc1. The predicted octanol–water partition coefficient (Wildman–Crippen LogP) is 3.48. The van der Waals surface area contributed by atoms with Crippen molar-refractivity contribution in [2.45, 2.75) is 25.3 Å². The van der Waals surface area contributed by atoms with E-state index in [9.17, 15) is 14.0 Å². The first kappa shape index (κ1) is 25.4. The average Bonchev–Trinajstić information content (AvgIpc) is 3.63. The minimum Gasteiger partial charge on any atom is -0.349 e. The maximum atomic E-state index is 14.3. The molecule has 3 heterocycles. The molecule has 3 atom stereocenters. The zero-order valence-electron chi connectivity index (χ0n) is 20.4. The molecular weight excluding hydrogens is 495 g/mol. The van der Waals surface area contributed by atoms with E-state index in [-0.39, 0.29) is 28.4 Å². The number of amides is 2. The number of nitrogens with one attached hydrogen (secondary N) is 2. The summed E-state index contributed by atoms with van der Waals surface area (Å²) in [6.07, 6.45) is 3.07. The van der Waals surface area contributed by atoms with E-state index in [4.69, 9.17) is 11.6 Å². The summed E-state index contributed by atoms with van der Waals surface area (Å²) in [6, 6.07) is 14.2. The van der Waals surface area contributed by atoms with Crippen LogP contribution in [0.15, 0.2) is 54.9 Å². The van der Waals surface area contributed by atoms with Gasteiger partial charge in [-0.05, 0) is 36.0 Å². The van der Waals surface area contributed by atoms with Gasteiger partial charge < -0.3 is 15.1 Å². The molecule has 0 bridgehead atoms. The zero-order valence-corrected chi connectivity index (χ0v) is 21.2. The molecule has 2 aliphatic rings. The number of nitrogens with zero attached hydrogens (tertiary/aromatic N) is 4. The first-order chi connectivity index (χ1) is 18.0. The van der Waals surface area contributed by atoms with Gasteiger partial charge in [-0.25, -0.2) is 9.37 Å². The molecule has 37 heavy (non-hydrogen) atoms. The number of likely N-dealkylation sites (tertiary alicyclic amines) is 2. The van der Waals surface area contributed by atoms with E-state index in [0.717, 1.165) is 31.6 Å². The fraction of sp³-hybridized carbons (Fsp3) is 0.407. The van der Waals surface area contributed by atoms with Crippen molar-refractivity contribution >= 4 is 23.4 Å². The van der Waals surface area contributed by atoms with Crippen molar-refractivity contribution in [2.24, 2.45) is 11.8 Å². The van der Waals surface area contributed by atoms with Gasteiger partial charge in [-0.3, -0.25) is 14.7 Å². The maximum absolute atomic E-state index is 14.3. The summed E-state index contributed by atoms with van der Waals surface area (Å²) in [7, 11) is 0. The summed E-state index contributed by atoms with van der Waals surface area (Å²) >= 11 is 6.12. The Balaban J connectivity index is 1.14. The molecule has 3 unspecified atom stereocenters. The maximum Gasteiger partial charge on any atom is 0.258 e. The first-order valence-electron chi connectivity index (χ1n) is 12.6. The number of aromatic amines is 1. The molecule has 0 spiro atoms. The summed E-state index contributed by atoms with van der Waals surface area (Å²) in [5.41, 5.74) is 1.04. The van der Waals surface area contributed by atoms with Crippen LogP contribution in [0.1, 0.15) is 40.6 Å². The minimum atomic E-state index is -0.578. The summed E-state index contributed by atoms with van der Waals surface area (Å²) in [5, 5.41) is 9.96. The molecule has 194 valence electrons. The molecule has 0 aliphatic carbocycles. The lowest BCUT2D eigenvalue weighted by atomic mass is 10.0. The highest BCUT2D eigenvalue weighted by molar-refractivity contribution is 6.33. The van der Waals surface area contributed by atoms with Gasteiger partial charge in [0.05, 0.1) is 16.6 Å². The van der Waals surface area contributed by atoms with Gasteiger partial charge in [0.2, 0.25) is 5.91 Å². The third-order valence-corrected chi connectivity index (χ3v) is 7.67. The standard InChI is InChI=1S/C27H30ClFN6O2/c28-21-7-4-8-22(29)26(21)27(37)35-15-19-13-34(14-20(19)16-35)12-11-23(18-5-2-1-3-6-18)32-25(36)10-9-24-30-17-31-33-24/h1-8,17,19-20,23H,9-16H2,(H,32,36)(H,30,31,33). The van der Waals surface area contributed by atoms with E-state index < -0.39 is 5.82 Å². The third kappa shape index (κ3) is 5.99. The van der Waals surface area contributed by atoms with Crippen LogP contribution in [0, 0.1) is 17.7 Å². The van der Waals surface area contributed by atoms with Gasteiger partial charge in [0.1, 0.15) is 18.0 Å². The molecule has 8 nitrogen and oxygen atoms in total. The summed E-state index contributed by atoms with van der Waals surface area (Å²) in [5.74, 6) is 0.457. The molecule has 2 aliphatic heterocycles. The fourth-order valence-electron chi connectivity index (χ4n) is 5.47. The van der Waals surface area contributed by atoms with Crippen molar-refractivity contribution in [1.29, 1.82) is 0 Å². The molecule has 0 saturated carbocycles. The number of carbonyl (C=O) groups excluding carboxylic acids is 2. The number of aryl methyl sites for hydroxylation is 1. The van der Waals surface area contributed by atoms with Crippen LogP contribution >= 0.6 is 11.6 Å². The van der Waals surface area contributed by atoms with Gasteiger partial charge in [-0.15, -0.1) is 0 Å². The van der Waals surface area contributed by atoms with Crippen LogP contribution in [0.2, 0.25) is 5.02 Å². The van der Waals surface area contributed by atoms with Crippen LogP contribution in [0.5, 0.6) is 0 Å². The van der Waals surface area contributed by atoms with Crippen molar-refractivity contribution in [3.63, 3.8) is 0 Å². The normalized spacial score (nSPS) is 20.1. The molecule has 3 aromatic rings. The molecule has 5 rings (SSSR count). The van der Waals surface area contributed by atoms with E-state index in [1.54, 1.807) is 11.0 Å². The predicted molar refractivity (Wildman–Crippen MR) is 137 cm³/mol. The number of halogens is 2. The van der Waals surface area contributed by atoms with Crippen LogP contribution in [0.4, 0.5) is 4.39 Å². The summed E-state index contributed by atoms with van der Waals surface area (Å²) < 4.78 is 14.3. The van der Waals surface area contributed by atoms with Crippen molar-refractivity contribution in [3.05, 3.63) is 82.6 Å². The van der Waals surface area contributed by atoms with Crippen LogP contribution < -0.4 is 5.32 Å². The molecule has 2 aromatic carbocycles. The third-order valence-electron chi connectivity index (χ3n) is 7.35. The highest BCUT2D eigenvalue weighted by Crippen LogP contribution is 2.33. The van der Waals surface area contributed by atoms with Gasteiger partial charge in [0, 0.05) is 45.6 Å². The van der Waals surface area contributed by atoms with Crippen molar-refractivity contribution < 1.29 is 14.0 Å². The molecular formula is C27H30ClFN6O2. The van der Waals surface area contributed by atoms with Crippen LogP contribution in [-0.4, -0.2) is 69.5 Å². The highest BCUT2D eigenvalue weighted by atomic mass is 35.5. The number of aromatic nitrogens is 3. The van der Waals surface area contributed by atoms with Gasteiger partial charge in [0.25, 0.3) is 5.91 Å². The average molecular weight is 525 g/mol. The quantitative estimate of drug-likeness (QED) is 0.447. The number of hydrogen-bond donors (Lipinski definition) is 2. The van der Waals surface area contributed by atoms with E-state index >= 15 is 0 Å². The van der Waals surface area contributed by atoms with Gasteiger partial charge in [-0.2, -0.15) is 5.10 Å². The zero-order chi connectivity index (χ0) is 25.8. The molecule has 10 heteroatoms. The Hall–Kier alpha value is -3.30. The molecule has 0 radical (unpaired) electrons. The second-order valence-electron chi connectivity index (χ2n) is 9.84. The molecule has 2 fully saturated rings. The Labute approximate surface area is 220 Å². The van der Waals surface area contributed by atoms with E-state index in [0.29, 0.717) is 43.6 Å². The minimum absolute atomic E-state index is 0.0236. The fourth-order valence-corrected chi connectivity index (χ4v) is 5.71. The van der Waals surface area contributed by atoms with E-state index in [1.165, 1.54) is 18.5 Å². The lowest BCUT2D eigenvalue weighted by Crippen LogP contribution is -2.35. The Morgan fingerprint density at radius 1 is 1.08 bits per heavy atom. The number of hydrogen-bond acceptors (Lipinski definition) is 5. The Morgan fingerprint density at radius 2 is 1.84 bits per heavy atom. The molecule has 2 N–H and O–H groups in total. The molecule has 2 saturated heterocycles.